The average molecular weight is 358 g/mol. The molecule has 1 amide bonds. The van der Waals surface area contributed by atoms with Crippen molar-refractivity contribution in [1.82, 2.24) is 14.9 Å². The Morgan fingerprint density at radius 3 is 3.08 bits per heavy atom. The number of carbonyl (C=O) groups is 1. The van der Waals surface area contributed by atoms with Crippen molar-refractivity contribution in [1.29, 1.82) is 0 Å². The van der Waals surface area contributed by atoms with E-state index in [0.717, 1.165) is 30.7 Å². The number of para-hydroxylation sites is 1. The van der Waals surface area contributed by atoms with Gasteiger partial charge >= 0.3 is 0 Å². The molecule has 1 unspecified atom stereocenters. The van der Waals surface area contributed by atoms with Crippen molar-refractivity contribution >= 4 is 43.9 Å². The van der Waals surface area contributed by atoms with Crippen molar-refractivity contribution in [2.24, 2.45) is 0 Å². The lowest BCUT2D eigenvalue weighted by Crippen LogP contribution is -2.22. The van der Waals surface area contributed by atoms with Crippen LogP contribution in [0.4, 0.5) is 5.13 Å². The topological polar surface area (TPSA) is 58.1 Å². The quantitative estimate of drug-likeness (QED) is 0.764. The SMILES string of the molecule is CC(=O)Nc1nc(CN2CCCC2c2nc3ccccc3s2)cs1. The van der Waals surface area contributed by atoms with Crippen molar-refractivity contribution < 1.29 is 4.79 Å². The van der Waals surface area contributed by atoms with Crippen LogP contribution in [-0.4, -0.2) is 27.3 Å². The lowest BCUT2D eigenvalue weighted by Gasteiger charge is -2.21. The molecule has 1 aliphatic rings. The van der Waals surface area contributed by atoms with Crippen LogP contribution >= 0.6 is 22.7 Å². The van der Waals surface area contributed by atoms with Gasteiger partial charge in [-0.1, -0.05) is 12.1 Å². The molecule has 3 aromatic rings. The molecule has 0 spiro atoms. The Labute approximate surface area is 148 Å². The van der Waals surface area contributed by atoms with Crippen LogP contribution in [-0.2, 0) is 11.3 Å². The van der Waals surface area contributed by atoms with Gasteiger partial charge in [0.1, 0.15) is 5.01 Å². The minimum absolute atomic E-state index is 0.0792. The lowest BCUT2D eigenvalue weighted by molar-refractivity contribution is -0.114. The van der Waals surface area contributed by atoms with Gasteiger partial charge in [-0.2, -0.15) is 0 Å². The zero-order valence-corrected chi connectivity index (χ0v) is 15.0. The highest BCUT2D eigenvalue weighted by molar-refractivity contribution is 7.18. The summed E-state index contributed by atoms with van der Waals surface area (Å²) in [5, 5.41) is 6.65. The van der Waals surface area contributed by atoms with Gasteiger partial charge in [0.2, 0.25) is 5.91 Å². The Balaban J connectivity index is 1.52. The summed E-state index contributed by atoms with van der Waals surface area (Å²) in [5.41, 5.74) is 2.10. The van der Waals surface area contributed by atoms with Crippen LogP contribution in [0, 0.1) is 0 Å². The number of rotatable bonds is 4. The summed E-state index contributed by atoms with van der Waals surface area (Å²) < 4.78 is 1.25. The van der Waals surface area contributed by atoms with E-state index in [0.29, 0.717) is 11.2 Å². The Hall–Kier alpha value is -1.83. The van der Waals surface area contributed by atoms with Crippen LogP contribution in [0.5, 0.6) is 0 Å². The number of benzene rings is 1. The fourth-order valence-electron chi connectivity index (χ4n) is 3.12. The minimum atomic E-state index is -0.0792. The highest BCUT2D eigenvalue weighted by Crippen LogP contribution is 2.37. The van der Waals surface area contributed by atoms with E-state index in [2.05, 4.69) is 33.4 Å². The summed E-state index contributed by atoms with van der Waals surface area (Å²) in [5.74, 6) is -0.0792. The monoisotopic (exact) mass is 358 g/mol. The standard InChI is InChI=1S/C17H18N4OS2/c1-11(22)18-17-19-12(10-23-17)9-21-8-4-6-14(21)16-20-13-5-2-3-7-15(13)24-16/h2-3,5,7,10,14H,4,6,8-9H2,1H3,(H,18,19,22). The number of fused-ring (bicyclic) bond motifs is 1. The van der Waals surface area contributed by atoms with E-state index < -0.39 is 0 Å². The van der Waals surface area contributed by atoms with Crippen LogP contribution in [0.15, 0.2) is 29.6 Å². The summed E-state index contributed by atoms with van der Waals surface area (Å²) in [6.07, 6.45) is 2.33. The maximum Gasteiger partial charge on any atom is 0.223 e. The van der Waals surface area contributed by atoms with Crippen molar-refractivity contribution in [2.45, 2.75) is 32.4 Å². The number of amides is 1. The fraction of sp³-hybridized carbons (Fsp3) is 0.353. The van der Waals surface area contributed by atoms with Gasteiger partial charge in [0.25, 0.3) is 0 Å². The van der Waals surface area contributed by atoms with Gasteiger partial charge in [-0.3, -0.25) is 9.69 Å². The van der Waals surface area contributed by atoms with Crippen LogP contribution in [0.25, 0.3) is 10.2 Å². The molecule has 0 radical (unpaired) electrons. The molecular weight excluding hydrogens is 340 g/mol. The third kappa shape index (κ3) is 3.19. The molecule has 0 aliphatic carbocycles. The predicted molar refractivity (Wildman–Crippen MR) is 98.4 cm³/mol. The maximum absolute atomic E-state index is 11.1. The number of nitrogens with zero attached hydrogens (tertiary/aromatic N) is 3. The second-order valence-electron chi connectivity index (χ2n) is 5.97. The first-order chi connectivity index (χ1) is 11.7. The van der Waals surface area contributed by atoms with Crippen LogP contribution in [0.3, 0.4) is 0 Å². The third-order valence-corrected chi connectivity index (χ3v) is 6.10. The minimum Gasteiger partial charge on any atom is -0.302 e. The molecule has 24 heavy (non-hydrogen) atoms. The van der Waals surface area contributed by atoms with Crippen LogP contribution < -0.4 is 5.32 Å². The number of nitrogens with one attached hydrogen (secondary N) is 1. The highest BCUT2D eigenvalue weighted by Gasteiger charge is 2.29. The van der Waals surface area contributed by atoms with E-state index >= 15 is 0 Å². The molecule has 1 N–H and O–H groups in total. The van der Waals surface area contributed by atoms with Gasteiger partial charge in [0.05, 0.1) is 22.0 Å². The smallest absolute Gasteiger partial charge is 0.223 e. The van der Waals surface area contributed by atoms with Gasteiger partial charge in [0.15, 0.2) is 5.13 Å². The molecule has 3 heterocycles. The van der Waals surface area contributed by atoms with Gasteiger partial charge in [0, 0.05) is 18.8 Å². The molecule has 1 fully saturated rings. The highest BCUT2D eigenvalue weighted by atomic mass is 32.1. The number of likely N-dealkylation sites (tertiary alicyclic amines) is 1. The first kappa shape index (κ1) is 15.7. The number of aromatic nitrogens is 2. The van der Waals surface area contributed by atoms with E-state index in [1.807, 2.05) is 11.4 Å². The Morgan fingerprint density at radius 1 is 1.38 bits per heavy atom. The lowest BCUT2D eigenvalue weighted by atomic mass is 10.2. The summed E-state index contributed by atoms with van der Waals surface area (Å²) in [4.78, 5) is 22.9. The Kier molecular flexibility index (Phi) is 4.30. The van der Waals surface area contributed by atoms with E-state index in [1.54, 1.807) is 11.3 Å². The van der Waals surface area contributed by atoms with E-state index in [-0.39, 0.29) is 5.91 Å². The fourth-order valence-corrected chi connectivity index (χ4v) is 5.01. The molecule has 2 aromatic heterocycles. The average Bonchev–Trinajstić information content (AvgIpc) is 3.26. The van der Waals surface area contributed by atoms with Gasteiger partial charge in [-0.05, 0) is 31.5 Å². The molecule has 1 aliphatic heterocycles. The zero-order valence-electron chi connectivity index (χ0n) is 13.4. The molecular formula is C17H18N4OS2. The van der Waals surface area contributed by atoms with Crippen molar-refractivity contribution in [3.63, 3.8) is 0 Å². The number of carbonyl (C=O) groups excluding carboxylic acids is 1. The number of hydrogen-bond donors (Lipinski definition) is 1. The molecule has 4 rings (SSSR count). The first-order valence-electron chi connectivity index (χ1n) is 8.00. The second kappa shape index (κ2) is 6.58. The van der Waals surface area contributed by atoms with E-state index in [1.165, 1.54) is 34.4 Å². The van der Waals surface area contributed by atoms with Crippen molar-refractivity contribution in [3.05, 3.63) is 40.3 Å². The van der Waals surface area contributed by atoms with Crippen molar-refractivity contribution in [2.75, 3.05) is 11.9 Å². The Morgan fingerprint density at radius 2 is 2.25 bits per heavy atom. The largest absolute Gasteiger partial charge is 0.302 e. The Bertz CT molecular complexity index is 839. The molecule has 0 bridgehead atoms. The van der Waals surface area contributed by atoms with Crippen LogP contribution in [0.2, 0.25) is 0 Å². The second-order valence-corrected chi connectivity index (χ2v) is 7.89. The molecule has 1 atom stereocenters. The molecule has 1 aromatic carbocycles. The normalized spacial score (nSPS) is 18.3. The number of thiazole rings is 2. The molecule has 5 nitrogen and oxygen atoms in total. The molecule has 124 valence electrons. The summed E-state index contributed by atoms with van der Waals surface area (Å²) in [7, 11) is 0. The molecule has 0 saturated carbocycles. The summed E-state index contributed by atoms with van der Waals surface area (Å²) in [6.45, 7) is 3.37. The molecule has 7 heteroatoms. The van der Waals surface area contributed by atoms with Crippen LogP contribution in [0.1, 0.15) is 36.5 Å². The number of anilines is 1. The third-order valence-electron chi connectivity index (χ3n) is 4.16. The maximum atomic E-state index is 11.1. The van der Waals surface area contributed by atoms with Crippen molar-refractivity contribution in [3.8, 4) is 0 Å². The van der Waals surface area contributed by atoms with Gasteiger partial charge in [-0.15, -0.1) is 22.7 Å². The summed E-state index contributed by atoms with van der Waals surface area (Å²) >= 11 is 3.27. The number of hydrogen-bond acceptors (Lipinski definition) is 6. The summed E-state index contributed by atoms with van der Waals surface area (Å²) in [6, 6.07) is 8.69. The predicted octanol–water partition coefficient (Wildman–Crippen LogP) is 4.05. The molecule has 1 saturated heterocycles. The zero-order chi connectivity index (χ0) is 16.5. The first-order valence-corrected chi connectivity index (χ1v) is 9.70. The van der Waals surface area contributed by atoms with Gasteiger partial charge in [-0.25, -0.2) is 9.97 Å². The van der Waals surface area contributed by atoms with E-state index in [9.17, 15) is 4.79 Å². The van der Waals surface area contributed by atoms with Gasteiger partial charge < -0.3 is 5.32 Å². The van der Waals surface area contributed by atoms with E-state index in [4.69, 9.17) is 4.98 Å².